The first kappa shape index (κ1) is 17.5. The molecule has 2 heteroatoms. The molecule has 2 atom stereocenters. The highest BCUT2D eigenvalue weighted by Crippen LogP contribution is 2.17. The lowest BCUT2D eigenvalue weighted by Gasteiger charge is -2.09. The van der Waals surface area contributed by atoms with Crippen LogP contribution >= 0.6 is 0 Å². The lowest BCUT2D eigenvalue weighted by Crippen LogP contribution is -2.12. The third kappa shape index (κ3) is 9.49. The van der Waals surface area contributed by atoms with E-state index in [2.05, 4.69) is 13.8 Å². The van der Waals surface area contributed by atoms with Gasteiger partial charge in [0, 0.05) is 0 Å². The van der Waals surface area contributed by atoms with E-state index < -0.39 is 5.97 Å². The summed E-state index contributed by atoms with van der Waals surface area (Å²) in [5.41, 5.74) is 0. The zero-order chi connectivity index (χ0) is 13.8. The van der Waals surface area contributed by atoms with Gasteiger partial charge >= 0.3 is 5.97 Å². The van der Waals surface area contributed by atoms with Gasteiger partial charge in [0.15, 0.2) is 0 Å². The minimum absolute atomic E-state index is 0.115. The molecule has 0 aliphatic rings. The van der Waals surface area contributed by atoms with Crippen LogP contribution < -0.4 is 0 Å². The van der Waals surface area contributed by atoms with Crippen LogP contribution in [0, 0.1) is 11.8 Å². The summed E-state index contributed by atoms with van der Waals surface area (Å²) in [5.74, 6) is 0.146. The summed E-state index contributed by atoms with van der Waals surface area (Å²) in [4.78, 5) is 10.8. The number of carbonyl (C=O) groups is 1. The molecule has 0 aromatic heterocycles. The quantitative estimate of drug-likeness (QED) is 0.483. The Kier molecular flexibility index (Phi) is 11.2. The number of rotatable bonds is 12. The van der Waals surface area contributed by atoms with E-state index in [0.717, 1.165) is 25.2 Å². The summed E-state index contributed by atoms with van der Waals surface area (Å²) >= 11 is 0. The number of hydrogen-bond acceptors (Lipinski definition) is 1. The number of aliphatic carboxylic acids is 1. The van der Waals surface area contributed by atoms with Crippen molar-refractivity contribution in [3.05, 3.63) is 0 Å². The predicted molar refractivity (Wildman–Crippen MR) is 77.8 cm³/mol. The maximum absolute atomic E-state index is 10.8. The molecule has 0 fully saturated rings. The third-order valence-electron chi connectivity index (χ3n) is 4.04. The summed E-state index contributed by atoms with van der Waals surface area (Å²) in [5, 5.41) is 8.92. The van der Waals surface area contributed by atoms with Crippen molar-refractivity contribution in [2.75, 3.05) is 0 Å². The monoisotopic (exact) mass is 256 g/mol. The molecule has 0 amide bonds. The van der Waals surface area contributed by atoms with E-state index in [-0.39, 0.29) is 5.92 Å². The van der Waals surface area contributed by atoms with E-state index in [9.17, 15) is 4.79 Å². The molecule has 0 saturated heterocycles. The van der Waals surface area contributed by atoms with E-state index in [4.69, 9.17) is 5.11 Å². The van der Waals surface area contributed by atoms with E-state index in [1.807, 2.05) is 6.92 Å². The highest BCUT2D eigenvalue weighted by molar-refractivity contribution is 5.69. The Morgan fingerprint density at radius 2 is 1.39 bits per heavy atom. The van der Waals surface area contributed by atoms with Gasteiger partial charge in [0.2, 0.25) is 0 Å². The SMILES string of the molecule is CCC(C)CCCCCCCCC(CC)C(=O)O. The molecule has 0 radical (unpaired) electrons. The Hall–Kier alpha value is -0.530. The lowest BCUT2D eigenvalue weighted by atomic mass is 9.97. The average molecular weight is 256 g/mol. The molecule has 2 unspecified atom stereocenters. The van der Waals surface area contributed by atoms with Crippen LogP contribution in [-0.4, -0.2) is 11.1 Å². The van der Waals surface area contributed by atoms with Gasteiger partial charge in [-0.3, -0.25) is 4.79 Å². The van der Waals surface area contributed by atoms with Gasteiger partial charge in [-0.05, 0) is 18.8 Å². The Morgan fingerprint density at radius 1 is 0.889 bits per heavy atom. The van der Waals surface area contributed by atoms with Crippen LogP contribution in [0.1, 0.15) is 85.0 Å². The van der Waals surface area contributed by atoms with E-state index >= 15 is 0 Å². The number of hydrogen-bond donors (Lipinski definition) is 1. The minimum Gasteiger partial charge on any atom is -0.481 e. The van der Waals surface area contributed by atoms with E-state index in [1.165, 1.54) is 44.9 Å². The first-order valence-corrected chi connectivity index (χ1v) is 7.84. The van der Waals surface area contributed by atoms with Crippen LogP contribution in [0.15, 0.2) is 0 Å². The molecule has 0 aromatic carbocycles. The fourth-order valence-electron chi connectivity index (χ4n) is 2.30. The Morgan fingerprint density at radius 3 is 1.83 bits per heavy atom. The van der Waals surface area contributed by atoms with Crippen LogP contribution in [-0.2, 0) is 4.79 Å². The maximum atomic E-state index is 10.8. The molecule has 0 aliphatic heterocycles. The van der Waals surface area contributed by atoms with Gasteiger partial charge in [-0.2, -0.15) is 0 Å². The largest absolute Gasteiger partial charge is 0.481 e. The molecule has 18 heavy (non-hydrogen) atoms. The van der Waals surface area contributed by atoms with Crippen molar-refractivity contribution in [2.24, 2.45) is 11.8 Å². The van der Waals surface area contributed by atoms with Gasteiger partial charge in [-0.1, -0.05) is 72.1 Å². The summed E-state index contributed by atoms with van der Waals surface area (Å²) < 4.78 is 0. The molecule has 0 saturated carbocycles. The van der Waals surface area contributed by atoms with Crippen molar-refractivity contribution in [3.8, 4) is 0 Å². The first-order valence-electron chi connectivity index (χ1n) is 7.84. The number of unbranched alkanes of at least 4 members (excludes halogenated alkanes) is 5. The van der Waals surface area contributed by atoms with E-state index in [1.54, 1.807) is 0 Å². The highest BCUT2D eigenvalue weighted by atomic mass is 16.4. The Bertz CT molecular complexity index is 201. The number of carboxylic acid groups (broad SMARTS) is 1. The van der Waals surface area contributed by atoms with Crippen LogP contribution in [0.2, 0.25) is 0 Å². The summed E-state index contributed by atoms with van der Waals surface area (Å²) in [7, 11) is 0. The molecule has 0 rings (SSSR count). The van der Waals surface area contributed by atoms with Gasteiger partial charge in [-0.25, -0.2) is 0 Å². The standard InChI is InChI=1S/C16H32O2/c1-4-14(3)12-10-8-6-7-9-11-13-15(5-2)16(17)18/h14-15H,4-13H2,1-3H3,(H,17,18). The Balaban J connectivity index is 3.28. The van der Waals surface area contributed by atoms with Crippen molar-refractivity contribution in [3.63, 3.8) is 0 Å². The molecule has 108 valence electrons. The van der Waals surface area contributed by atoms with Gasteiger partial charge in [0.25, 0.3) is 0 Å². The lowest BCUT2D eigenvalue weighted by molar-refractivity contribution is -0.142. The molecular formula is C16H32O2. The molecule has 0 aromatic rings. The molecule has 0 heterocycles. The van der Waals surface area contributed by atoms with Crippen molar-refractivity contribution >= 4 is 5.97 Å². The second-order valence-electron chi connectivity index (χ2n) is 5.66. The second kappa shape index (κ2) is 11.6. The molecule has 0 aliphatic carbocycles. The fraction of sp³-hybridized carbons (Fsp3) is 0.938. The maximum Gasteiger partial charge on any atom is 0.306 e. The summed E-state index contributed by atoms with van der Waals surface area (Å²) in [6.07, 6.45) is 11.9. The first-order chi connectivity index (χ1) is 8.61. The van der Waals surface area contributed by atoms with Crippen molar-refractivity contribution < 1.29 is 9.90 Å². The smallest absolute Gasteiger partial charge is 0.306 e. The normalized spacial score (nSPS) is 14.4. The zero-order valence-corrected chi connectivity index (χ0v) is 12.6. The number of carboxylic acids is 1. The summed E-state index contributed by atoms with van der Waals surface area (Å²) in [6.45, 7) is 6.56. The van der Waals surface area contributed by atoms with Crippen LogP contribution in [0.4, 0.5) is 0 Å². The van der Waals surface area contributed by atoms with Crippen LogP contribution in [0.3, 0.4) is 0 Å². The van der Waals surface area contributed by atoms with Gasteiger partial charge in [0.05, 0.1) is 5.92 Å². The van der Waals surface area contributed by atoms with Crippen molar-refractivity contribution in [1.29, 1.82) is 0 Å². The van der Waals surface area contributed by atoms with Crippen molar-refractivity contribution in [2.45, 2.75) is 85.0 Å². The van der Waals surface area contributed by atoms with Gasteiger partial charge in [-0.15, -0.1) is 0 Å². The molecule has 1 N–H and O–H groups in total. The summed E-state index contributed by atoms with van der Waals surface area (Å²) in [6, 6.07) is 0. The molecule has 0 spiro atoms. The zero-order valence-electron chi connectivity index (χ0n) is 12.6. The Labute approximate surface area is 113 Å². The third-order valence-corrected chi connectivity index (χ3v) is 4.04. The van der Waals surface area contributed by atoms with Crippen molar-refractivity contribution in [1.82, 2.24) is 0 Å². The fourth-order valence-corrected chi connectivity index (χ4v) is 2.30. The van der Waals surface area contributed by atoms with E-state index in [0.29, 0.717) is 0 Å². The van der Waals surface area contributed by atoms with Crippen LogP contribution in [0.25, 0.3) is 0 Å². The highest BCUT2D eigenvalue weighted by Gasteiger charge is 2.13. The van der Waals surface area contributed by atoms with Gasteiger partial charge in [0.1, 0.15) is 0 Å². The topological polar surface area (TPSA) is 37.3 Å². The van der Waals surface area contributed by atoms with Crippen LogP contribution in [0.5, 0.6) is 0 Å². The van der Waals surface area contributed by atoms with Gasteiger partial charge < -0.3 is 5.11 Å². The molecular weight excluding hydrogens is 224 g/mol. The molecule has 0 bridgehead atoms. The average Bonchev–Trinajstić information content (AvgIpc) is 2.36. The predicted octanol–water partition coefficient (Wildman–Crippen LogP) is 5.26. The molecule has 2 nitrogen and oxygen atoms in total. The second-order valence-corrected chi connectivity index (χ2v) is 5.66. The minimum atomic E-state index is -0.619.